The summed E-state index contributed by atoms with van der Waals surface area (Å²) in [6, 6.07) is 9.19. The van der Waals surface area contributed by atoms with Gasteiger partial charge in [0.25, 0.3) is 5.56 Å². The van der Waals surface area contributed by atoms with Crippen LogP contribution in [0.5, 0.6) is 0 Å². The van der Waals surface area contributed by atoms with Gasteiger partial charge in [0.1, 0.15) is 5.82 Å². The molecule has 0 aliphatic carbocycles. The third-order valence-electron chi connectivity index (χ3n) is 3.32. The van der Waals surface area contributed by atoms with Crippen LogP contribution in [0, 0.1) is 5.82 Å². The van der Waals surface area contributed by atoms with E-state index in [9.17, 15) is 9.18 Å². The molecule has 0 saturated heterocycles. The van der Waals surface area contributed by atoms with Crippen molar-refractivity contribution < 1.29 is 4.39 Å². The van der Waals surface area contributed by atoms with Crippen molar-refractivity contribution in [1.29, 1.82) is 0 Å². The van der Waals surface area contributed by atoms with Crippen LogP contribution in [0.3, 0.4) is 0 Å². The van der Waals surface area contributed by atoms with Gasteiger partial charge in [0, 0.05) is 25.0 Å². The average Bonchev–Trinajstić information content (AvgIpc) is 2.54. The molecule has 3 rings (SSSR count). The van der Waals surface area contributed by atoms with Crippen LogP contribution in [-0.4, -0.2) is 14.5 Å². The number of nitrogens with zero attached hydrogens (tertiary/aromatic N) is 3. The highest BCUT2D eigenvalue weighted by atomic mass is 35.5. The van der Waals surface area contributed by atoms with Gasteiger partial charge < -0.3 is 0 Å². The molecule has 0 saturated carbocycles. The van der Waals surface area contributed by atoms with Crippen LogP contribution in [0.2, 0.25) is 5.28 Å². The fraction of sp³-hybridized carbons (Fsp3) is 0.0625. The minimum atomic E-state index is -0.368. The van der Waals surface area contributed by atoms with Gasteiger partial charge in [-0.1, -0.05) is 12.1 Å². The van der Waals surface area contributed by atoms with Crippen molar-refractivity contribution in [2.75, 3.05) is 0 Å². The molecule has 2 heterocycles. The van der Waals surface area contributed by atoms with E-state index in [1.165, 1.54) is 16.7 Å². The molecular weight excluding hydrogens is 305 g/mol. The van der Waals surface area contributed by atoms with Gasteiger partial charge in [-0.3, -0.25) is 14.3 Å². The number of pyridine rings is 1. The summed E-state index contributed by atoms with van der Waals surface area (Å²) >= 11 is 6.03. The van der Waals surface area contributed by atoms with E-state index in [-0.39, 0.29) is 16.7 Å². The molecule has 4 nitrogen and oxygen atoms in total. The van der Waals surface area contributed by atoms with Crippen molar-refractivity contribution in [3.63, 3.8) is 0 Å². The zero-order valence-electron chi connectivity index (χ0n) is 11.6. The smallest absolute Gasteiger partial charge is 0.262 e. The molecule has 0 bridgehead atoms. The fourth-order valence-electron chi connectivity index (χ4n) is 2.17. The Morgan fingerprint density at radius 2 is 1.68 bits per heavy atom. The molecule has 0 atom stereocenters. The molecule has 0 N–H and O–H groups in total. The van der Waals surface area contributed by atoms with Crippen molar-refractivity contribution in [3.8, 4) is 22.4 Å². The van der Waals surface area contributed by atoms with Crippen LogP contribution in [0.4, 0.5) is 4.39 Å². The summed E-state index contributed by atoms with van der Waals surface area (Å²) in [5, 5.41) is 0.0858. The van der Waals surface area contributed by atoms with Crippen molar-refractivity contribution in [1.82, 2.24) is 14.5 Å². The van der Waals surface area contributed by atoms with Crippen LogP contribution in [0.1, 0.15) is 0 Å². The minimum Gasteiger partial charge on any atom is -0.286 e. The number of rotatable bonds is 2. The molecule has 6 heteroatoms. The molecule has 0 unspecified atom stereocenters. The van der Waals surface area contributed by atoms with Crippen LogP contribution >= 0.6 is 11.6 Å². The third-order valence-corrected chi connectivity index (χ3v) is 3.66. The Labute approximate surface area is 130 Å². The first-order valence-corrected chi connectivity index (χ1v) is 6.88. The molecule has 0 amide bonds. The van der Waals surface area contributed by atoms with Gasteiger partial charge in [-0.2, -0.15) is 0 Å². The SMILES string of the molecule is Cn1c(Cl)nc(-c2ccncc2)c(-c2ccc(F)cc2)c1=O. The summed E-state index contributed by atoms with van der Waals surface area (Å²) in [5.74, 6) is -0.368. The topological polar surface area (TPSA) is 47.8 Å². The number of hydrogen-bond donors (Lipinski definition) is 0. The van der Waals surface area contributed by atoms with Crippen LogP contribution in [0.15, 0.2) is 53.6 Å². The van der Waals surface area contributed by atoms with E-state index >= 15 is 0 Å². The molecule has 2 aromatic heterocycles. The standard InChI is InChI=1S/C16H11ClFN3O/c1-21-15(22)13(10-2-4-12(18)5-3-10)14(20-16(21)17)11-6-8-19-9-7-11/h2-9H,1H3. The molecule has 0 aliphatic heterocycles. The second-order valence-corrected chi connectivity index (χ2v) is 5.05. The van der Waals surface area contributed by atoms with Crippen molar-refractivity contribution in [3.05, 3.63) is 70.2 Å². The summed E-state index contributed by atoms with van der Waals surface area (Å²) < 4.78 is 14.4. The van der Waals surface area contributed by atoms with Gasteiger partial charge in [0.15, 0.2) is 0 Å². The first-order chi connectivity index (χ1) is 10.6. The summed E-state index contributed by atoms with van der Waals surface area (Å²) in [6.45, 7) is 0. The average molecular weight is 316 g/mol. The lowest BCUT2D eigenvalue weighted by atomic mass is 10.0. The summed E-state index contributed by atoms with van der Waals surface area (Å²) in [7, 11) is 1.54. The first-order valence-electron chi connectivity index (χ1n) is 6.51. The zero-order chi connectivity index (χ0) is 15.7. The first kappa shape index (κ1) is 14.4. The minimum absolute atomic E-state index is 0.0858. The second kappa shape index (κ2) is 5.69. The van der Waals surface area contributed by atoms with Gasteiger partial charge >= 0.3 is 0 Å². The maximum atomic E-state index is 13.1. The lowest BCUT2D eigenvalue weighted by Crippen LogP contribution is -2.21. The molecule has 0 aliphatic rings. The number of halogens is 2. The predicted octanol–water partition coefficient (Wildman–Crippen LogP) is 3.30. The molecule has 0 spiro atoms. The normalized spacial score (nSPS) is 10.7. The van der Waals surface area contributed by atoms with E-state index in [0.29, 0.717) is 22.4 Å². The van der Waals surface area contributed by atoms with E-state index in [1.54, 1.807) is 43.7 Å². The van der Waals surface area contributed by atoms with E-state index < -0.39 is 0 Å². The number of aromatic nitrogens is 3. The van der Waals surface area contributed by atoms with E-state index in [1.807, 2.05) is 0 Å². The molecule has 3 aromatic rings. The molecule has 22 heavy (non-hydrogen) atoms. The summed E-state index contributed by atoms with van der Waals surface area (Å²) in [4.78, 5) is 20.9. The molecule has 0 fully saturated rings. The Bertz CT molecular complexity index is 876. The maximum Gasteiger partial charge on any atom is 0.262 e. The fourth-order valence-corrected chi connectivity index (χ4v) is 2.33. The van der Waals surface area contributed by atoms with Crippen molar-refractivity contribution >= 4 is 11.6 Å². The number of benzene rings is 1. The largest absolute Gasteiger partial charge is 0.286 e. The Hall–Kier alpha value is -2.53. The molecular formula is C16H11ClFN3O. The predicted molar refractivity (Wildman–Crippen MR) is 83.1 cm³/mol. The number of hydrogen-bond acceptors (Lipinski definition) is 3. The van der Waals surface area contributed by atoms with Crippen LogP contribution in [0.25, 0.3) is 22.4 Å². The Morgan fingerprint density at radius 1 is 1.05 bits per heavy atom. The summed E-state index contributed by atoms with van der Waals surface area (Å²) in [5.41, 5.74) is 1.82. The van der Waals surface area contributed by atoms with Crippen LogP contribution in [-0.2, 0) is 7.05 Å². The van der Waals surface area contributed by atoms with Crippen molar-refractivity contribution in [2.45, 2.75) is 0 Å². The highest BCUT2D eigenvalue weighted by Gasteiger charge is 2.17. The second-order valence-electron chi connectivity index (χ2n) is 4.71. The van der Waals surface area contributed by atoms with E-state index in [2.05, 4.69) is 9.97 Å². The van der Waals surface area contributed by atoms with Gasteiger partial charge in [0.2, 0.25) is 5.28 Å². The van der Waals surface area contributed by atoms with Gasteiger partial charge in [-0.05, 0) is 41.4 Å². The van der Waals surface area contributed by atoms with Crippen LogP contribution < -0.4 is 5.56 Å². The lowest BCUT2D eigenvalue weighted by molar-refractivity contribution is 0.628. The zero-order valence-corrected chi connectivity index (χ0v) is 12.4. The maximum absolute atomic E-state index is 13.1. The summed E-state index contributed by atoms with van der Waals surface area (Å²) in [6.07, 6.45) is 3.22. The molecule has 0 radical (unpaired) electrons. The Kier molecular flexibility index (Phi) is 3.73. The third kappa shape index (κ3) is 2.51. The van der Waals surface area contributed by atoms with Gasteiger partial charge in [0.05, 0.1) is 11.3 Å². The lowest BCUT2D eigenvalue weighted by Gasteiger charge is -2.11. The van der Waals surface area contributed by atoms with E-state index in [0.717, 1.165) is 0 Å². The van der Waals surface area contributed by atoms with Crippen molar-refractivity contribution in [2.24, 2.45) is 7.05 Å². The highest BCUT2D eigenvalue weighted by molar-refractivity contribution is 6.28. The Balaban J connectivity index is 2.34. The highest BCUT2D eigenvalue weighted by Crippen LogP contribution is 2.28. The molecule has 110 valence electrons. The van der Waals surface area contributed by atoms with E-state index in [4.69, 9.17) is 11.6 Å². The Morgan fingerprint density at radius 3 is 2.32 bits per heavy atom. The molecule has 1 aromatic carbocycles. The van der Waals surface area contributed by atoms with Gasteiger partial charge in [-0.25, -0.2) is 9.37 Å². The monoisotopic (exact) mass is 315 g/mol. The van der Waals surface area contributed by atoms with Gasteiger partial charge in [-0.15, -0.1) is 0 Å². The quantitative estimate of drug-likeness (QED) is 0.682.